The third-order valence-electron chi connectivity index (χ3n) is 2.31. The highest BCUT2D eigenvalue weighted by Gasteiger charge is 2.26. The van der Waals surface area contributed by atoms with Crippen molar-refractivity contribution in [2.24, 2.45) is 0 Å². The fraction of sp³-hybridized carbons (Fsp3) is 0.500. The Kier molecular flexibility index (Phi) is 4.86. The number of rotatable bonds is 6. The van der Waals surface area contributed by atoms with Gasteiger partial charge in [0.25, 0.3) is 0 Å². The van der Waals surface area contributed by atoms with Crippen molar-refractivity contribution in [1.82, 2.24) is 4.72 Å². The maximum absolute atomic E-state index is 12.1. The van der Waals surface area contributed by atoms with Crippen LogP contribution in [-0.4, -0.2) is 32.8 Å². The molecule has 0 unspecified atom stereocenters. The summed E-state index contributed by atoms with van der Waals surface area (Å²) < 4.78 is 31.8. The second-order valence-electron chi connectivity index (χ2n) is 4.73. The zero-order valence-corrected chi connectivity index (χ0v) is 11.6. The maximum atomic E-state index is 12.1. The van der Waals surface area contributed by atoms with Crippen LogP contribution in [0.5, 0.6) is 0 Å². The lowest BCUT2D eigenvalue weighted by Gasteiger charge is -2.25. The molecule has 0 amide bonds. The van der Waals surface area contributed by atoms with Gasteiger partial charge in [0, 0.05) is 7.11 Å². The van der Waals surface area contributed by atoms with Crippen LogP contribution in [0.25, 0.3) is 0 Å². The number of methoxy groups -OCH3 is 1. The minimum absolute atomic E-state index is 0.137. The number of aliphatic hydroxyl groups excluding tert-OH is 1. The van der Waals surface area contributed by atoms with Gasteiger partial charge in [-0.3, -0.25) is 0 Å². The van der Waals surface area contributed by atoms with Gasteiger partial charge in [0.2, 0.25) is 10.0 Å². The van der Waals surface area contributed by atoms with Crippen LogP contribution in [-0.2, 0) is 21.4 Å². The molecule has 0 fully saturated rings. The first-order valence-corrected chi connectivity index (χ1v) is 7.02. The zero-order chi connectivity index (χ0) is 13.8. The Morgan fingerprint density at radius 1 is 1.39 bits per heavy atom. The number of benzene rings is 1. The van der Waals surface area contributed by atoms with Crippen molar-refractivity contribution in [3.63, 3.8) is 0 Å². The van der Waals surface area contributed by atoms with E-state index in [0.717, 1.165) is 0 Å². The smallest absolute Gasteiger partial charge is 0.241 e. The highest BCUT2D eigenvalue weighted by atomic mass is 32.2. The van der Waals surface area contributed by atoms with E-state index >= 15 is 0 Å². The lowest BCUT2D eigenvalue weighted by molar-refractivity contribution is 0.141. The van der Waals surface area contributed by atoms with Gasteiger partial charge < -0.3 is 9.84 Å². The lowest BCUT2D eigenvalue weighted by Crippen LogP contribution is -2.46. The topological polar surface area (TPSA) is 75.6 Å². The molecule has 0 aliphatic heterocycles. The first-order chi connectivity index (χ1) is 8.30. The fourth-order valence-electron chi connectivity index (χ4n) is 1.62. The predicted molar refractivity (Wildman–Crippen MR) is 68.6 cm³/mol. The van der Waals surface area contributed by atoms with Gasteiger partial charge >= 0.3 is 0 Å². The van der Waals surface area contributed by atoms with Crippen LogP contribution in [0.15, 0.2) is 29.2 Å². The van der Waals surface area contributed by atoms with Gasteiger partial charge in [0.05, 0.1) is 23.6 Å². The van der Waals surface area contributed by atoms with E-state index < -0.39 is 15.6 Å². The Morgan fingerprint density at radius 2 is 2.06 bits per heavy atom. The van der Waals surface area contributed by atoms with E-state index in [4.69, 9.17) is 9.84 Å². The molecular weight excluding hydrogens is 254 g/mol. The van der Waals surface area contributed by atoms with Crippen LogP contribution >= 0.6 is 0 Å². The highest BCUT2D eigenvalue weighted by Crippen LogP contribution is 2.15. The van der Waals surface area contributed by atoms with Gasteiger partial charge in [0.15, 0.2) is 0 Å². The quantitative estimate of drug-likeness (QED) is 0.807. The second kappa shape index (κ2) is 5.79. The predicted octanol–water partition coefficient (Wildman–Crippen LogP) is 0.882. The van der Waals surface area contributed by atoms with Gasteiger partial charge in [-0.25, -0.2) is 13.1 Å². The molecule has 0 bridgehead atoms. The van der Waals surface area contributed by atoms with E-state index in [1.807, 2.05) is 0 Å². The van der Waals surface area contributed by atoms with E-state index in [1.54, 1.807) is 26.0 Å². The van der Waals surface area contributed by atoms with Crippen molar-refractivity contribution in [2.75, 3.05) is 13.7 Å². The third kappa shape index (κ3) is 4.06. The summed E-state index contributed by atoms with van der Waals surface area (Å²) in [5.41, 5.74) is -0.134. The zero-order valence-electron chi connectivity index (χ0n) is 10.8. The Morgan fingerprint density at radius 3 is 2.61 bits per heavy atom. The van der Waals surface area contributed by atoms with Crippen LogP contribution in [0, 0.1) is 0 Å². The van der Waals surface area contributed by atoms with Crippen molar-refractivity contribution in [1.29, 1.82) is 0 Å². The van der Waals surface area contributed by atoms with Crippen molar-refractivity contribution >= 4 is 10.0 Å². The molecule has 0 heterocycles. The standard InChI is InChI=1S/C12H19NO4S/c1-12(2,9-17-3)13-18(15,16)11-6-4-5-10(7-11)8-14/h4-7,13-14H,8-9H2,1-3H3. The second-order valence-corrected chi connectivity index (χ2v) is 6.41. The average molecular weight is 273 g/mol. The van der Waals surface area contributed by atoms with E-state index in [2.05, 4.69) is 4.72 Å². The molecule has 1 aromatic carbocycles. The van der Waals surface area contributed by atoms with Crippen LogP contribution in [0.3, 0.4) is 0 Å². The summed E-state index contributed by atoms with van der Waals surface area (Å²) in [5.74, 6) is 0. The summed E-state index contributed by atoms with van der Waals surface area (Å²) in [7, 11) is -2.10. The molecule has 102 valence electrons. The molecule has 1 aromatic rings. The Balaban J connectivity index is 2.99. The lowest BCUT2D eigenvalue weighted by atomic mass is 10.1. The Hall–Kier alpha value is -0.950. The van der Waals surface area contributed by atoms with E-state index in [9.17, 15) is 8.42 Å². The molecule has 6 heteroatoms. The summed E-state index contributed by atoms with van der Waals surface area (Å²) in [5, 5.41) is 9.01. The first kappa shape index (κ1) is 15.1. The minimum atomic E-state index is -3.61. The van der Waals surface area contributed by atoms with Crippen molar-refractivity contribution in [3.8, 4) is 0 Å². The summed E-state index contributed by atoms with van der Waals surface area (Å²) in [6.07, 6.45) is 0. The Labute approximate surface area is 108 Å². The largest absolute Gasteiger partial charge is 0.392 e. The molecule has 0 saturated carbocycles. The van der Waals surface area contributed by atoms with Gasteiger partial charge in [0.1, 0.15) is 0 Å². The number of hydrogen-bond acceptors (Lipinski definition) is 4. The van der Waals surface area contributed by atoms with E-state index in [-0.39, 0.29) is 18.1 Å². The van der Waals surface area contributed by atoms with Crippen LogP contribution in [0.4, 0.5) is 0 Å². The van der Waals surface area contributed by atoms with Crippen molar-refractivity contribution in [2.45, 2.75) is 30.9 Å². The average Bonchev–Trinajstić information content (AvgIpc) is 2.27. The van der Waals surface area contributed by atoms with Crippen LogP contribution in [0.1, 0.15) is 19.4 Å². The monoisotopic (exact) mass is 273 g/mol. The first-order valence-electron chi connectivity index (χ1n) is 5.53. The number of nitrogens with one attached hydrogen (secondary N) is 1. The number of sulfonamides is 1. The third-order valence-corrected chi connectivity index (χ3v) is 4.00. The van der Waals surface area contributed by atoms with E-state index in [0.29, 0.717) is 5.56 Å². The number of ether oxygens (including phenoxy) is 1. The molecular formula is C12H19NO4S. The molecule has 0 aliphatic carbocycles. The van der Waals surface area contributed by atoms with E-state index in [1.165, 1.54) is 19.2 Å². The highest BCUT2D eigenvalue weighted by molar-refractivity contribution is 7.89. The Bertz CT molecular complexity index is 497. The molecule has 0 atom stereocenters. The summed E-state index contributed by atoms with van der Waals surface area (Å²) in [6.45, 7) is 3.56. The minimum Gasteiger partial charge on any atom is -0.392 e. The molecule has 0 aliphatic rings. The maximum Gasteiger partial charge on any atom is 0.241 e. The van der Waals surface area contributed by atoms with Gasteiger partial charge in [-0.1, -0.05) is 12.1 Å². The molecule has 1 rings (SSSR count). The molecule has 2 N–H and O–H groups in total. The van der Waals surface area contributed by atoms with Crippen LogP contribution in [0.2, 0.25) is 0 Å². The normalized spacial score (nSPS) is 12.7. The summed E-state index contributed by atoms with van der Waals surface area (Å²) in [6, 6.07) is 6.21. The number of aliphatic hydroxyl groups is 1. The fourth-order valence-corrected chi connectivity index (χ4v) is 3.09. The molecule has 0 saturated heterocycles. The van der Waals surface area contributed by atoms with Gasteiger partial charge in [-0.2, -0.15) is 0 Å². The molecule has 0 spiro atoms. The van der Waals surface area contributed by atoms with Crippen molar-refractivity contribution < 1.29 is 18.3 Å². The molecule has 5 nitrogen and oxygen atoms in total. The summed E-state index contributed by atoms with van der Waals surface area (Å²) >= 11 is 0. The molecule has 18 heavy (non-hydrogen) atoms. The van der Waals surface area contributed by atoms with Gasteiger partial charge in [-0.05, 0) is 31.5 Å². The van der Waals surface area contributed by atoms with Crippen molar-refractivity contribution in [3.05, 3.63) is 29.8 Å². The molecule has 0 aromatic heterocycles. The van der Waals surface area contributed by atoms with Gasteiger partial charge in [-0.15, -0.1) is 0 Å². The number of hydrogen-bond donors (Lipinski definition) is 2. The molecule has 0 radical (unpaired) electrons. The SMILES string of the molecule is COCC(C)(C)NS(=O)(=O)c1cccc(CO)c1. The summed E-state index contributed by atoms with van der Waals surface area (Å²) in [4.78, 5) is 0.137. The van der Waals surface area contributed by atoms with Crippen LogP contribution < -0.4 is 4.72 Å².